The van der Waals surface area contributed by atoms with E-state index in [0.29, 0.717) is 0 Å². The minimum Gasteiger partial charge on any atom is -0.379 e. The number of morpholine rings is 1. The fourth-order valence-corrected chi connectivity index (χ4v) is 1.96. The summed E-state index contributed by atoms with van der Waals surface area (Å²) in [6, 6.07) is 0. The number of hydrogen-bond donors (Lipinski definition) is 2. The van der Waals surface area contributed by atoms with Gasteiger partial charge in [0.05, 0.1) is 25.6 Å². The van der Waals surface area contributed by atoms with Crippen LogP contribution in [0, 0.1) is 0 Å². The molecule has 0 radical (unpaired) electrons. The van der Waals surface area contributed by atoms with Crippen molar-refractivity contribution in [1.82, 2.24) is 14.9 Å². The van der Waals surface area contributed by atoms with Gasteiger partial charge in [-0.2, -0.15) is 0 Å². The molecule has 2 rings (SSSR count). The third kappa shape index (κ3) is 5.00. The quantitative estimate of drug-likeness (QED) is 0.768. The maximum absolute atomic E-state index is 5.32. The van der Waals surface area contributed by atoms with E-state index in [4.69, 9.17) is 4.74 Å². The van der Waals surface area contributed by atoms with E-state index in [1.165, 1.54) is 0 Å². The highest BCUT2D eigenvalue weighted by Crippen LogP contribution is 2.06. The van der Waals surface area contributed by atoms with Crippen LogP contribution in [0.3, 0.4) is 0 Å². The van der Waals surface area contributed by atoms with Gasteiger partial charge >= 0.3 is 0 Å². The average molecular weight is 265 g/mol. The molecule has 0 aromatic carbocycles. The summed E-state index contributed by atoms with van der Waals surface area (Å²) in [4.78, 5) is 11.0. The molecular weight excluding hydrogens is 242 g/mol. The first kappa shape index (κ1) is 14.0. The third-order valence-corrected chi connectivity index (χ3v) is 3.03. The number of ether oxygens (including phenoxy) is 1. The molecular formula is C13H23N5O. The lowest BCUT2D eigenvalue weighted by atomic mass is 10.4. The number of anilines is 2. The topological polar surface area (TPSA) is 62.3 Å². The van der Waals surface area contributed by atoms with Crippen molar-refractivity contribution in [2.24, 2.45) is 0 Å². The van der Waals surface area contributed by atoms with E-state index in [1.54, 1.807) is 12.4 Å². The van der Waals surface area contributed by atoms with Crippen LogP contribution < -0.4 is 10.6 Å². The molecule has 6 nitrogen and oxygen atoms in total. The maximum Gasteiger partial charge on any atom is 0.147 e. The summed E-state index contributed by atoms with van der Waals surface area (Å²) in [5.74, 6) is 1.66. The molecule has 0 bridgehead atoms. The zero-order valence-electron chi connectivity index (χ0n) is 11.6. The van der Waals surface area contributed by atoms with Crippen LogP contribution in [0.15, 0.2) is 12.4 Å². The number of nitrogens with zero attached hydrogens (tertiary/aromatic N) is 3. The predicted molar refractivity (Wildman–Crippen MR) is 76.6 cm³/mol. The molecule has 1 aliphatic heterocycles. The van der Waals surface area contributed by atoms with Gasteiger partial charge in [0.2, 0.25) is 0 Å². The molecule has 0 amide bonds. The highest BCUT2D eigenvalue weighted by atomic mass is 16.5. The van der Waals surface area contributed by atoms with Crippen LogP contribution in [-0.2, 0) is 4.74 Å². The normalized spacial score (nSPS) is 16.3. The molecule has 1 aromatic heterocycles. The minimum atomic E-state index is 0.828. The van der Waals surface area contributed by atoms with Gasteiger partial charge in [0.1, 0.15) is 11.6 Å². The van der Waals surface area contributed by atoms with Gasteiger partial charge in [-0.1, -0.05) is 6.92 Å². The summed E-state index contributed by atoms with van der Waals surface area (Å²) in [6.45, 7) is 8.67. The highest BCUT2D eigenvalue weighted by molar-refractivity contribution is 5.41. The van der Waals surface area contributed by atoms with E-state index in [9.17, 15) is 0 Å². The van der Waals surface area contributed by atoms with Gasteiger partial charge in [0, 0.05) is 32.7 Å². The van der Waals surface area contributed by atoms with Gasteiger partial charge in [-0.15, -0.1) is 0 Å². The van der Waals surface area contributed by atoms with E-state index in [2.05, 4.69) is 32.4 Å². The van der Waals surface area contributed by atoms with Crippen LogP contribution in [0.25, 0.3) is 0 Å². The second-order valence-electron chi connectivity index (χ2n) is 4.60. The lowest BCUT2D eigenvalue weighted by molar-refractivity contribution is 0.0398. The first-order chi connectivity index (χ1) is 9.38. The van der Waals surface area contributed by atoms with Crippen LogP contribution in [0.1, 0.15) is 13.3 Å². The summed E-state index contributed by atoms with van der Waals surface area (Å²) in [7, 11) is 0. The SMILES string of the molecule is CCCNc1cncc(NCCN2CCOCC2)n1. The van der Waals surface area contributed by atoms with Crippen LogP contribution in [0.2, 0.25) is 0 Å². The van der Waals surface area contributed by atoms with E-state index in [-0.39, 0.29) is 0 Å². The van der Waals surface area contributed by atoms with Gasteiger partial charge in [-0.05, 0) is 6.42 Å². The van der Waals surface area contributed by atoms with Gasteiger partial charge in [0.15, 0.2) is 0 Å². The van der Waals surface area contributed by atoms with Crippen molar-refractivity contribution in [3.63, 3.8) is 0 Å². The number of nitrogens with one attached hydrogen (secondary N) is 2. The molecule has 1 saturated heterocycles. The first-order valence-corrected chi connectivity index (χ1v) is 6.98. The lowest BCUT2D eigenvalue weighted by Gasteiger charge is -2.26. The summed E-state index contributed by atoms with van der Waals surface area (Å²) >= 11 is 0. The Balaban J connectivity index is 1.72. The molecule has 0 atom stereocenters. The monoisotopic (exact) mass is 265 g/mol. The highest BCUT2D eigenvalue weighted by Gasteiger charge is 2.09. The van der Waals surface area contributed by atoms with Crippen molar-refractivity contribution in [1.29, 1.82) is 0 Å². The Morgan fingerprint density at radius 3 is 2.53 bits per heavy atom. The summed E-state index contributed by atoms with van der Waals surface area (Å²) in [5.41, 5.74) is 0. The number of aromatic nitrogens is 2. The van der Waals surface area contributed by atoms with Crippen LogP contribution in [0.5, 0.6) is 0 Å². The second-order valence-corrected chi connectivity index (χ2v) is 4.60. The summed E-state index contributed by atoms with van der Waals surface area (Å²) in [6.07, 6.45) is 4.59. The summed E-state index contributed by atoms with van der Waals surface area (Å²) < 4.78 is 5.32. The van der Waals surface area contributed by atoms with Crippen molar-refractivity contribution >= 4 is 11.6 Å². The Labute approximate surface area is 114 Å². The van der Waals surface area contributed by atoms with E-state index >= 15 is 0 Å². The van der Waals surface area contributed by atoms with Crippen molar-refractivity contribution in [2.45, 2.75) is 13.3 Å². The van der Waals surface area contributed by atoms with E-state index in [1.807, 2.05) is 0 Å². The smallest absolute Gasteiger partial charge is 0.147 e. The van der Waals surface area contributed by atoms with Gasteiger partial charge < -0.3 is 15.4 Å². The van der Waals surface area contributed by atoms with Crippen molar-refractivity contribution in [3.05, 3.63) is 12.4 Å². The molecule has 6 heteroatoms. The molecule has 1 fully saturated rings. The fraction of sp³-hybridized carbons (Fsp3) is 0.692. The molecule has 1 aromatic rings. The Morgan fingerprint density at radius 1 is 1.16 bits per heavy atom. The molecule has 0 saturated carbocycles. The van der Waals surface area contributed by atoms with Gasteiger partial charge in [-0.3, -0.25) is 9.88 Å². The zero-order chi connectivity index (χ0) is 13.3. The molecule has 2 heterocycles. The van der Waals surface area contributed by atoms with Crippen molar-refractivity contribution in [3.8, 4) is 0 Å². The van der Waals surface area contributed by atoms with E-state index < -0.39 is 0 Å². The van der Waals surface area contributed by atoms with Crippen LogP contribution in [0.4, 0.5) is 11.6 Å². The largest absolute Gasteiger partial charge is 0.379 e. The van der Waals surface area contributed by atoms with Crippen molar-refractivity contribution in [2.75, 3.05) is 56.6 Å². The Kier molecular flexibility index (Phi) is 5.84. The van der Waals surface area contributed by atoms with Gasteiger partial charge in [-0.25, -0.2) is 4.98 Å². The third-order valence-electron chi connectivity index (χ3n) is 3.03. The Bertz CT molecular complexity index is 368. The Morgan fingerprint density at radius 2 is 1.84 bits per heavy atom. The predicted octanol–water partition coefficient (Wildman–Crippen LogP) is 1.04. The number of hydrogen-bond acceptors (Lipinski definition) is 6. The van der Waals surface area contributed by atoms with Gasteiger partial charge in [0.25, 0.3) is 0 Å². The van der Waals surface area contributed by atoms with E-state index in [0.717, 1.165) is 64.0 Å². The van der Waals surface area contributed by atoms with Crippen LogP contribution >= 0.6 is 0 Å². The molecule has 0 aliphatic carbocycles. The zero-order valence-corrected chi connectivity index (χ0v) is 11.6. The standard InChI is InChI=1S/C13H23N5O/c1-2-3-15-12-10-14-11-13(17-12)16-4-5-18-6-8-19-9-7-18/h10-11H,2-9H2,1H3,(H2,15,16,17). The molecule has 0 unspecified atom stereocenters. The molecule has 106 valence electrons. The number of rotatable bonds is 7. The first-order valence-electron chi connectivity index (χ1n) is 6.98. The second kappa shape index (κ2) is 7.91. The molecule has 0 spiro atoms. The average Bonchev–Trinajstić information content (AvgIpc) is 2.47. The molecule has 1 aliphatic rings. The molecule has 19 heavy (non-hydrogen) atoms. The summed E-state index contributed by atoms with van der Waals surface area (Å²) in [5, 5.41) is 6.55. The Hall–Kier alpha value is -1.40. The lowest BCUT2D eigenvalue weighted by Crippen LogP contribution is -2.39. The minimum absolute atomic E-state index is 0.828. The van der Waals surface area contributed by atoms with Crippen LogP contribution in [-0.4, -0.2) is 60.8 Å². The maximum atomic E-state index is 5.32. The van der Waals surface area contributed by atoms with Crippen molar-refractivity contribution < 1.29 is 4.74 Å². The fourth-order valence-electron chi connectivity index (χ4n) is 1.96. The molecule has 2 N–H and O–H groups in total.